The largest absolute Gasteiger partial charge is 0.355 e. The Bertz CT molecular complexity index is 2800. The maximum atomic E-state index is 16.0. The first-order chi connectivity index (χ1) is 32.9. The first-order valence-electron chi connectivity index (χ1n) is 23.8. The molecule has 2 amide bonds. The Hall–Kier alpha value is -5.10. The van der Waals surface area contributed by atoms with Gasteiger partial charge in [-0.25, -0.2) is 38.7 Å². The van der Waals surface area contributed by atoms with E-state index >= 15 is 8.78 Å². The second-order valence-corrected chi connectivity index (χ2v) is 22.7. The lowest BCUT2D eigenvalue weighted by atomic mass is 9.92. The molecule has 17 heteroatoms. The molecule has 12 nitrogen and oxygen atoms in total. The van der Waals surface area contributed by atoms with E-state index in [-0.39, 0.29) is 45.2 Å². The summed E-state index contributed by atoms with van der Waals surface area (Å²) in [6.07, 6.45) is 5.47. The van der Waals surface area contributed by atoms with Crippen molar-refractivity contribution >= 4 is 67.9 Å². The van der Waals surface area contributed by atoms with Gasteiger partial charge in [-0.15, -0.1) is 22.7 Å². The molecule has 0 aliphatic carbocycles. The zero-order chi connectivity index (χ0) is 49.2. The molecular weight excluding hydrogens is 991 g/mol. The molecule has 4 aliphatic rings. The topological polar surface area (TPSA) is 133 Å². The van der Waals surface area contributed by atoms with E-state index in [9.17, 15) is 9.59 Å². The molecule has 2 aromatic carbocycles. The van der Waals surface area contributed by atoms with Gasteiger partial charge in [-0.1, -0.05) is 83.7 Å². The Morgan fingerprint density at radius 1 is 0.643 bits per heavy atom. The first kappa shape index (κ1) is 52.7. The summed E-state index contributed by atoms with van der Waals surface area (Å²) in [7, 11) is 0. The number of hydrogen-bond acceptors (Lipinski definition) is 12. The van der Waals surface area contributed by atoms with Gasteiger partial charge in [0.1, 0.15) is 33.4 Å². The number of rotatable bonds is 9. The summed E-state index contributed by atoms with van der Waals surface area (Å²) in [4.78, 5) is 60.4. The smallest absolute Gasteiger partial charge is 0.232 e. The van der Waals surface area contributed by atoms with Crippen LogP contribution < -0.4 is 20.0 Å². The summed E-state index contributed by atoms with van der Waals surface area (Å²) >= 11 is 6.70. The number of hydrogen-bond donors (Lipinski definition) is 1. The molecule has 1 N–H and O–H groups in total. The van der Waals surface area contributed by atoms with Crippen LogP contribution in [0.15, 0.2) is 65.5 Å². The zero-order valence-corrected chi connectivity index (χ0v) is 43.9. The SMILES string of the molecule is C.CC(C)c1ccccc1-c1ncc2c(n1)N(CC1(F)CCNCC1)C(=O)C2.Cc1nc(Br)c(C)s1.Cc1nc(N2CCC(F)(CN3C(=O)Cc4cnc(-c5ccccc5C(C)C)nc43)CC2)c(C)s1. The molecule has 372 valence electrons. The number of anilines is 3. The highest BCUT2D eigenvalue weighted by molar-refractivity contribution is 9.10. The number of piperidine rings is 2. The molecule has 4 aliphatic heterocycles. The number of nitrogens with zero attached hydrogens (tertiary/aromatic N) is 9. The molecule has 0 saturated carbocycles. The standard InChI is InChI=1S/C26H30FN5OS.C21H25FN4O.C5H6BrNS.CH4/c1-16(2)20-7-5-6-8-21(20)23-28-14-19-13-22(33)32(25(19)30-23)15-26(27)9-11-31(12-10-26)24-17(3)34-18(4)29-24;1-14(2)16-5-3-4-6-17(16)19-24-12-15-11-18(27)26(20(15)25-19)13-21(22)7-9-23-10-8-21;1-3-5(6)7-4(2)8-3;/h5-8,14,16H,9-13,15H2,1-4H3;3-6,12,14,23H,7-11,13H2,1-2H3;1-2H3;1H4. The predicted octanol–water partition coefficient (Wildman–Crippen LogP) is 11.6. The van der Waals surface area contributed by atoms with E-state index in [0.29, 0.717) is 87.0 Å². The van der Waals surface area contributed by atoms with Gasteiger partial charge in [0, 0.05) is 70.3 Å². The minimum Gasteiger partial charge on any atom is -0.355 e. The molecule has 0 radical (unpaired) electrons. The van der Waals surface area contributed by atoms with E-state index in [1.165, 1.54) is 14.7 Å². The molecular formula is C53H65BrF2N10O2S2. The van der Waals surface area contributed by atoms with Gasteiger partial charge in [0.15, 0.2) is 11.6 Å². The Morgan fingerprint density at radius 3 is 1.49 bits per heavy atom. The molecule has 10 rings (SSSR count). The third-order valence-electron chi connectivity index (χ3n) is 13.2. The second kappa shape index (κ2) is 22.1. The van der Waals surface area contributed by atoms with Crippen molar-refractivity contribution in [3.05, 3.63) is 108 Å². The van der Waals surface area contributed by atoms with E-state index < -0.39 is 11.3 Å². The van der Waals surface area contributed by atoms with E-state index in [2.05, 4.69) is 99.8 Å². The molecule has 2 fully saturated rings. The van der Waals surface area contributed by atoms with Crippen LogP contribution in [0.1, 0.15) is 115 Å². The lowest BCUT2D eigenvalue weighted by molar-refractivity contribution is -0.118. The summed E-state index contributed by atoms with van der Waals surface area (Å²) in [6, 6.07) is 16.1. The van der Waals surface area contributed by atoms with Crippen LogP contribution in [0.25, 0.3) is 22.8 Å². The Labute approximate surface area is 428 Å². The van der Waals surface area contributed by atoms with Crippen LogP contribution in [0.3, 0.4) is 0 Å². The number of fused-ring (bicyclic) bond motifs is 2. The Balaban J connectivity index is 0.000000179. The number of alkyl halides is 2. The number of carbonyl (C=O) groups excluding carboxylic acids is 2. The molecule has 70 heavy (non-hydrogen) atoms. The molecule has 6 aromatic rings. The number of amides is 2. The molecule has 8 heterocycles. The van der Waals surface area contributed by atoms with Crippen molar-refractivity contribution in [3.8, 4) is 22.8 Å². The number of aryl methyl sites for hydroxylation is 4. The minimum atomic E-state index is -1.45. The average molecular weight is 1060 g/mol. The number of benzene rings is 2. The number of carbonyl (C=O) groups is 2. The Kier molecular flexibility index (Phi) is 16.7. The minimum absolute atomic E-state index is 0. The van der Waals surface area contributed by atoms with Crippen LogP contribution in [0.5, 0.6) is 0 Å². The fraction of sp³-hybridized carbons (Fsp3) is 0.472. The van der Waals surface area contributed by atoms with Crippen molar-refractivity contribution in [1.29, 1.82) is 0 Å². The second-order valence-electron chi connectivity index (χ2n) is 19.1. The van der Waals surface area contributed by atoms with Crippen LogP contribution in [0, 0.1) is 27.7 Å². The maximum absolute atomic E-state index is 16.0. The summed E-state index contributed by atoms with van der Waals surface area (Å²) in [5.41, 5.74) is 2.97. The summed E-state index contributed by atoms with van der Waals surface area (Å²) in [6.45, 7) is 19.2. The van der Waals surface area contributed by atoms with Gasteiger partial charge in [0.25, 0.3) is 0 Å². The van der Waals surface area contributed by atoms with Gasteiger partial charge >= 0.3 is 0 Å². The summed E-state index contributed by atoms with van der Waals surface area (Å²) in [5, 5.41) is 5.32. The highest BCUT2D eigenvalue weighted by Gasteiger charge is 2.42. The van der Waals surface area contributed by atoms with Crippen molar-refractivity contribution in [2.24, 2.45) is 0 Å². The normalized spacial score (nSPS) is 16.9. The summed E-state index contributed by atoms with van der Waals surface area (Å²) < 4.78 is 32.2. The van der Waals surface area contributed by atoms with E-state index in [1.54, 1.807) is 40.0 Å². The number of thiazole rings is 2. The van der Waals surface area contributed by atoms with Gasteiger partial charge in [0.2, 0.25) is 11.8 Å². The van der Waals surface area contributed by atoms with E-state index in [4.69, 9.17) is 9.97 Å². The van der Waals surface area contributed by atoms with Crippen molar-refractivity contribution in [3.63, 3.8) is 0 Å². The van der Waals surface area contributed by atoms with Crippen molar-refractivity contribution in [1.82, 2.24) is 35.2 Å². The number of nitrogens with one attached hydrogen (secondary N) is 1. The lowest BCUT2D eigenvalue weighted by Gasteiger charge is -2.38. The molecule has 2 saturated heterocycles. The van der Waals surface area contributed by atoms with Gasteiger partial charge in [-0.3, -0.25) is 19.4 Å². The molecule has 0 atom stereocenters. The number of halogens is 3. The van der Waals surface area contributed by atoms with Gasteiger partial charge in [-0.2, -0.15) is 0 Å². The van der Waals surface area contributed by atoms with Gasteiger partial charge in [0.05, 0.1) is 35.9 Å². The van der Waals surface area contributed by atoms with E-state index in [0.717, 1.165) is 53.8 Å². The van der Waals surface area contributed by atoms with Gasteiger partial charge in [-0.05, 0) is 92.5 Å². The van der Waals surface area contributed by atoms with Crippen LogP contribution in [0.2, 0.25) is 0 Å². The third kappa shape index (κ3) is 11.8. The van der Waals surface area contributed by atoms with Crippen LogP contribution in [-0.4, -0.2) is 92.3 Å². The lowest BCUT2D eigenvalue weighted by Crippen LogP contribution is -2.49. The first-order valence-corrected chi connectivity index (χ1v) is 26.2. The molecule has 0 spiro atoms. The molecule has 4 aromatic heterocycles. The quantitative estimate of drug-likeness (QED) is 0.149. The van der Waals surface area contributed by atoms with Crippen LogP contribution in [-0.2, 0) is 22.4 Å². The number of aromatic nitrogens is 6. The average Bonchev–Trinajstić information content (AvgIpc) is 4.03. The van der Waals surface area contributed by atoms with Crippen LogP contribution >= 0.6 is 38.6 Å². The summed E-state index contributed by atoms with van der Waals surface area (Å²) in [5.74, 6) is 3.71. The third-order valence-corrected chi connectivity index (χ3v) is 16.0. The monoisotopic (exact) mass is 1050 g/mol. The Morgan fingerprint density at radius 2 is 1.09 bits per heavy atom. The highest BCUT2D eigenvalue weighted by atomic mass is 79.9. The van der Waals surface area contributed by atoms with Crippen molar-refractivity contribution in [2.45, 2.75) is 125 Å². The predicted molar refractivity (Wildman–Crippen MR) is 284 cm³/mol. The molecule has 0 bridgehead atoms. The van der Waals surface area contributed by atoms with E-state index in [1.807, 2.05) is 50.2 Å². The van der Waals surface area contributed by atoms with Crippen LogP contribution in [0.4, 0.5) is 26.2 Å². The fourth-order valence-electron chi connectivity index (χ4n) is 9.45. The van der Waals surface area contributed by atoms with Crippen molar-refractivity contribution < 1.29 is 18.4 Å². The zero-order valence-electron chi connectivity index (χ0n) is 40.7. The molecule has 0 unspecified atom stereocenters. The maximum Gasteiger partial charge on any atom is 0.232 e. The highest BCUT2D eigenvalue weighted by Crippen LogP contribution is 2.39. The fourth-order valence-corrected chi connectivity index (χ4v) is 11.6. The van der Waals surface area contributed by atoms with Gasteiger partial charge < -0.3 is 10.2 Å². The van der Waals surface area contributed by atoms with Crippen molar-refractivity contribution in [2.75, 3.05) is 54.0 Å².